The Hall–Kier alpha value is -3.17. The standard InChI is InChI=1S/C25H27N5O2S2/c1-4-5-15-29-23(19-11-13-22(32-3)14-12-19)27-28-25(29)34-17-20-16-33-24(26-20)30(18(2)31)21-9-7-6-8-10-21/h6-14,16H,4-5,15,17H2,1-3H3. The minimum absolute atomic E-state index is 0.0665. The van der Waals surface area contributed by atoms with E-state index in [0.717, 1.165) is 53.1 Å². The summed E-state index contributed by atoms with van der Waals surface area (Å²) in [4.78, 5) is 18.7. The molecule has 4 rings (SSSR count). The van der Waals surface area contributed by atoms with Crippen LogP contribution >= 0.6 is 23.1 Å². The van der Waals surface area contributed by atoms with Crippen LogP contribution in [-0.2, 0) is 17.1 Å². The van der Waals surface area contributed by atoms with Crippen LogP contribution in [0.5, 0.6) is 5.75 Å². The first-order chi connectivity index (χ1) is 16.6. The SMILES string of the molecule is CCCCn1c(SCc2csc(N(C(C)=O)c3ccccc3)n2)nnc1-c1ccc(OC)cc1. The van der Waals surface area contributed by atoms with Gasteiger partial charge in [0.2, 0.25) is 5.91 Å². The number of rotatable bonds is 10. The molecule has 0 atom stereocenters. The summed E-state index contributed by atoms with van der Waals surface area (Å²) in [6, 6.07) is 17.5. The zero-order chi connectivity index (χ0) is 23.9. The first-order valence-corrected chi connectivity index (χ1v) is 13.0. The molecule has 7 nitrogen and oxygen atoms in total. The third kappa shape index (κ3) is 5.48. The Morgan fingerprint density at radius 2 is 1.88 bits per heavy atom. The Kier molecular flexibility index (Phi) is 7.97. The lowest BCUT2D eigenvalue weighted by Gasteiger charge is -2.17. The van der Waals surface area contributed by atoms with Gasteiger partial charge in [-0.15, -0.1) is 21.5 Å². The van der Waals surface area contributed by atoms with Gasteiger partial charge in [0.05, 0.1) is 18.5 Å². The van der Waals surface area contributed by atoms with E-state index in [1.165, 1.54) is 11.3 Å². The minimum Gasteiger partial charge on any atom is -0.497 e. The van der Waals surface area contributed by atoms with Gasteiger partial charge in [-0.2, -0.15) is 0 Å². The highest BCUT2D eigenvalue weighted by Crippen LogP contribution is 2.32. The van der Waals surface area contributed by atoms with E-state index in [2.05, 4.69) is 21.7 Å². The number of hydrogen-bond donors (Lipinski definition) is 0. The van der Waals surface area contributed by atoms with E-state index < -0.39 is 0 Å². The number of thioether (sulfide) groups is 1. The van der Waals surface area contributed by atoms with Gasteiger partial charge in [0.15, 0.2) is 16.1 Å². The van der Waals surface area contributed by atoms with Crippen LogP contribution in [0.3, 0.4) is 0 Å². The van der Waals surface area contributed by atoms with Crippen LogP contribution in [0.15, 0.2) is 65.1 Å². The van der Waals surface area contributed by atoms with Crippen LogP contribution in [0.2, 0.25) is 0 Å². The van der Waals surface area contributed by atoms with Gasteiger partial charge in [-0.05, 0) is 42.8 Å². The number of carbonyl (C=O) groups is 1. The second-order valence-corrected chi connectivity index (χ2v) is 9.42. The fourth-order valence-electron chi connectivity index (χ4n) is 3.47. The van der Waals surface area contributed by atoms with Crippen molar-refractivity contribution in [3.8, 4) is 17.1 Å². The molecule has 2 heterocycles. The molecule has 2 aromatic carbocycles. The molecule has 0 fully saturated rings. The second-order valence-electron chi connectivity index (χ2n) is 7.64. The summed E-state index contributed by atoms with van der Waals surface area (Å²) in [7, 11) is 1.66. The molecule has 0 N–H and O–H groups in total. The van der Waals surface area contributed by atoms with Crippen LogP contribution in [-0.4, -0.2) is 32.8 Å². The third-order valence-corrected chi connectivity index (χ3v) is 7.08. The maximum absolute atomic E-state index is 12.3. The smallest absolute Gasteiger partial charge is 0.230 e. The number of aromatic nitrogens is 4. The predicted octanol–water partition coefficient (Wildman–Crippen LogP) is 6.19. The summed E-state index contributed by atoms with van der Waals surface area (Å²) in [6.07, 6.45) is 2.13. The van der Waals surface area contributed by atoms with Gasteiger partial charge in [-0.1, -0.05) is 43.3 Å². The maximum Gasteiger partial charge on any atom is 0.230 e. The molecule has 0 saturated heterocycles. The molecule has 0 unspecified atom stereocenters. The fraction of sp³-hybridized carbons (Fsp3) is 0.280. The molecule has 176 valence electrons. The summed E-state index contributed by atoms with van der Waals surface area (Å²) in [6.45, 7) is 4.58. The number of para-hydroxylation sites is 1. The molecule has 9 heteroatoms. The Labute approximate surface area is 207 Å². The largest absolute Gasteiger partial charge is 0.497 e. The number of carbonyl (C=O) groups excluding carboxylic acids is 1. The number of anilines is 2. The summed E-state index contributed by atoms with van der Waals surface area (Å²) in [5.74, 6) is 2.24. The van der Waals surface area contributed by atoms with E-state index in [-0.39, 0.29) is 5.91 Å². The van der Waals surface area contributed by atoms with Crippen LogP contribution in [0.1, 0.15) is 32.4 Å². The molecule has 0 bridgehead atoms. The first-order valence-electron chi connectivity index (χ1n) is 11.1. The van der Waals surface area contributed by atoms with Crippen LogP contribution in [0, 0.1) is 0 Å². The molecular weight excluding hydrogens is 466 g/mol. The van der Waals surface area contributed by atoms with E-state index in [1.54, 1.807) is 30.7 Å². The van der Waals surface area contributed by atoms with E-state index in [0.29, 0.717) is 10.9 Å². The molecule has 1 amide bonds. The Balaban J connectivity index is 1.53. The number of thiazole rings is 1. The number of nitrogens with zero attached hydrogens (tertiary/aromatic N) is 5. The molecule has 2 aromatic heterocycles. The average Bonchev–Trinajstić information content (AvgIpc) is 3.49. The molecule has 0 radical (unpaired) electrons. The van der Waals surface area contributed by atoms with Crippen LogP contribution in [0.4, 0.5) is 10.8 Å². The highest BCUT2D eigenvalue weighted by Gasteiger charge is 2.19. The van der Waals surface area contributed by atoms with Crippen LogP contribution < -0.4 is 9.64 Å². The van der Waals surface area contributed by atoms with Crippen molar-refractivity contribution in [2.75, 3.05) is 12.0 Å². The summed E-state index contributed by atoms with van der Waals surface area (Å²) in [5.41, 5.74) is 2.72. The molecule has 0 saturated carbocycles. The van der Waals surface area contributed by atoms with Crippen LogP contribution in [0.25, 0.3) is 11.4 Å². The minimum atomic E-state index is -0.0665. The zero-order valence-corrected chi connectivity index (χ0v) is 21.1. The average molecular weight is 494 g/mol. The Morgan fingerprint density at radius 3 is 2.56 bits per heavy atom. The molecule has 4 aromatic rings. The van der Waals surface area contributed by atoms with Gasteiger partial charge in [0.25, 0.3) is 0 Å². The van der Waals surface area contributed by atoms with Gasteiger partial charge in [0.1, 0.15) is 5.75 Å². The number of unbranched alkanes of at least 4 members (excludes halogenated alkanes) is 1. The van der Waals surface area contributed by atoms with Gasteiger partial charge in [-0.3, -0.25) is 9.69 Å². The molecule has 34 heavy (non-hydrogen) atoms. The quantitative estimate of drug-likeness (QED) is 0.245. The molecule has 0 aliphatic carbocycles. The predicted molar refractivity (Wildman–Crippen MR) is 138 cm³/mol. The van der Waals surface area contributed by atoms with Gasteiger partial charge >= 0.3 is 0 Å². The number of amides is 1. The Bertz CT molecular complexity index is 1220. The van der Waals surface area contributed by atoms with E-state index >= 15 is 0 Å². The highest BCUT2D eigenvalue weighted by molar-refractivity contribution is 7.98. The maximum atomic E-state index is 12.3. The van der Waals surface area contributed by atoms with Crippen molar-refractivity contribution in [2.45, 2.75) is 44.1 Å². The second kappa shape index (κ2) is 11.3. The lowest BCUT2D eigenvalue weighted by molar-refractivity contribution is -0.115. The van der Waals surface area contributed by atoms with Crippen molar-refractivity contribution < 1.29 is 9.53 Å². The number of hydrogen-bond acceptors (Lipinski definition) is 7. The van der Waals surface area contributed by atoms with E-state index in [4.69, 9.17) is 9.72 Å². The normalized spacial score (nSPS) is 10.9. The first kappa shape index (κ1) is 24.0. The number of ether oxygens (including phenoxy) is 1. The lowest BCUT2D eigenvalue weighted by Crippen LogP contribution is -2.22. The molecule has 0 aliphatic heterocycles. The monoisotopic (exact) mass is 493 g/mol. The molecule has 0 spiro atoms. The summed E-state index contributed by atoms with van der Waals surface area (Å²) in [5, 5.41) is 12.5. The highest BCUT2D eigenvalue weighted by atomic mass is 32.2. The summed E-state index contributed by atoms with van der Waals surface area (Å²) < 4.78 is 7.45. The Morgan fingerprint density at radius 1 is 1.12 bits per heavy atom. The van der Waals surface area contributed by atoms with Gasteiger partial charge in [0, 0.05) is 30.2 Å². The zero-order valence-electron chi connectivity index (χ0n) is 19.5. The molecular formula is C25H27N5O2S2. The topological polar surface area (TPSA) is 73.1 Å². The van der Waals surface area contributed by atoms with Gasteiger partial charge < -0.3 is 9.30 Å². The number of methoxy groups -OCH3 is 1. The van der Waals surface area contributed by atoms with Crippen molar-refractivity contribution in [1.29, 1.82) is 0 Å². The lowest BCUT2D eigenvalue weighted by atomic mass is 10.2. The van der Waals surface area contributed by atoms with E-state index in [9.17, 15) is 4.79 Å². The fourth-order valence-corrected chi connectivity index (χ4v) is 5.32. The van der Waals surface area contributed by atoms with Crippen molar-refractivity contribution >= 4 is 39.8 Å². The van der Waals surface area contributed by atoms with Crippen molar-refractivity contribution in [3.05, 3.63) is 65.7 Å². The molecule has 0 aliphatic rings. The summed E-state index contributed by atoms with van der Waals surface area (Å²) >= 11 is 3.07. The third-order valence-electron chi connectivity index (χ3n) is 5.21. The van der Waals surface area contributed by atoms with Crippen molar-refractivity contribution in [3.63, 3.8) is 0 Å². The van der Waals surface area contributed by atoms with Crippen molar-refractivity contribution in [1.82, 2.24) is 19.7 Å². The van der Waals surface area contributed by atoms with Gasteiger partial charge in [-0.25, -0.2) is 4.98 Å². The number of benzene rings is 2. The van der Waals surface area contributed by atoms with E-state index in [1.807, 2.05) is 60.0 Å². The van der Waals surface area contributed by atoms with Crippen molar-refractivity contribution in [2.24, 2.45) is 0 Å².